The molecule has 8 nitrogen and oxygen atoms in total. The molecule has 0 spiro atoms. The summed E-state index contributed by atoms with van der Waals surface area (Å²) in [7, 11) is 0. The normalized spacial score (nSPS) is 13.5. The molecule has 3 aromatic rings. The summed E-state index contributed by atoms with van der Waals surface area (Å²) in [5.41, 5.74) is 16.1. The topological polar surface area (TPSA) is 119 Å². The Balaban J connectivity index is 1.77. The Morgan fingerprint density at radius 1 is 0.806 bits per heavy atom. The van der Waals surface area contributed by atoms with E-state index in [-0.39, 0.29) is 24.0 Å². The fourth-order valence-corrected chi connectivity index (χ4v) is 2.84. The summed E-state index contributed by atoms with van der Waals surface area (Å²) in [5, 5.41) is 0. The van der Waals surface area contributed by atoms with Crippen LogP contribution in [0.4, 0.5) is 0 Å². The van der Waals surface area contributed by atoms with Gasteiger partial charge in [0.1, 0.15) is 5.65 Å². The molecule has 3 rings (SSSR count). The first-order chi connectivity index (χ1) is 14.8. The average molecular weight is 417 g/mol. The Kier molecular flexibility index (Phi) is 6.92. The summed E-state index contributed by atoms with van der Waals surface area (Å²) >= 11 is 0. The third-order valence-electron chi connectivity index (χ3n) is 4.15. The van der Waals surface area contributed by atoms with Crippen LogP contribution >= 0.6 is 0 Å². The van der Waals surface area contributed by atoms with Crippen molar-refractivity contribution in [1.29, 1.82) is 0 Å². The third-order valence-corrected chi connectivity index (χ3v) is 4.15. The molecule has 0 aliphatic heterocycles. The fraction of sp³-hybridized carbons (Fsp3) is 0.261. The molecule has 0 saturated heterocycles. The Hall–Kier alpha value is -3.81. The fourth-order valence-electron chi connectivity index (χ4n) is 2.84. The lowest BCUT2D eigenvalue weighted by atomic mass is 10.1. The van der Waals surface area contributed by atoms with E-state index in [0.717, 1.165) is 28.0 Å². The molecule has 0 aliphatic carbocycles. The minimum atomic E-state index is 0.110. The van der Waals surface area contributed by atoms with E-state index in [1.54, 1.807) is 12.4 Å². The van der Waals surface area contributed by atoms with E-state index < -0.39 is 0 Å². The lowest BCUT2D eigenvalue weighted by molar-refractivity contribution is 0.831. The Morgan fingerprint density at radius 3 is 1.94 bits per heavy atom. The number of benzene rings is 1. The van der Waals surface area contributed by atoms with E-state index in [2.05, 4.69) is 20.0 Å². The number of imidazole rings is 1. The number of aliphatic imine (C=N–C) groups is 4. The van der Waals surface area contributed by atoms with Crippen molar-refractivity contribution >= 4 is 30.0 Å². The molecule has 2 aromatic heterocycles. The summed E-state index contributed by atoms with van der Waals surface area (Å²) in [6.45, 7) is 7.82. The van der Waals surface area contributed by atoms with Crippen molar-refractivity contribution < 1.29 is 0 Å². The highest BCUT2D eigenvalue weighted by Gasteiger charge is 2.05. The van der Waals surface area contributed by atoms with Crippen molar-refractivity contribution in [3.05, 3.63) is 59.9 Å². The monoisotopic (exact) mass is 416 g/mol. The van der Waals surface area contributed by atoms with Crippen molar-refractivity contribution in [3.63, 3.8) is 0 Å². The predicted molar refractivity (Wildman–Crippen MR) is 129 cm³/mol. The number of fused-ring (bicyclic) bond motifs is 1. The molecule has 160 valence electrons. The maximum Gasteiger partial charge on any atom is 0.215 e. The van der Waals surface area contributed by atoms with Gasteiger partial charge in [-0.2, -0.15) is 0 Å². The van der Waals surface area contributed by atoms with E-state index in [4.69, 9.17) is 16.5 Å². The van der Waals surface area contributed by atoms with Gasteiger partial charge in [0.2, 0.25) is 11.9 Å². The first kappa shape index (κ1) is 21.9. The molecule has 0 atom stereocenters. The maximum atomic E-state index is 5.80. The quantitative estimate of drug-likeness (QED) is 0.490. The Morgan fingerprint density at radius 2 is 1.35 bits per heavy atom. The zero-order valence-electron chi connectivity index (χ0n) is 18.3. The lowest BCUT2D eigenvalue weighted by Crippen LogP contribution is -2.11. The van der Waals surface area contributed by atoms with Crippen LogP contribution in [0.5, 0.6) is 0 Å². The van der Waals surface area contributed by atoms with Gasteiger partial charge in [-0.05, 0) is 45.4 Å². The minimum absolute atomic E-state index is 0.110. The Labute approximate surface area is 182 Å². The number of aromatic nitrogens is 2. The van der Waals surface area contributed by atoms with Crippen LogP contribution < -0.4 is 11.5 Å². The molecule has 4 N–H and O–H groups in total. The zero-order chi connectivity index (χ0) is 22.4. The molecule has 1 aromatic carbocycles. The molecule has 8 heteroatoms. The minimum Gasteiger partial charge on any atom is -0.368 e. The molecule has 31 heavy (non-hydrogen) atoms. The predicted octanol–water partition coefficient (Wildman–Crippen LogP) is 3.29. The summed E-state index contributed by atoms with van der Waals surface area (Å²) in [6, 6.07) is 12.1. The van der Waals surface area contributed by atoms with Gasteiger partial charge in [0.05, 0.1) is 5.69 Å². The molecule has 0 saturated carbocycles. The van der Waals surface area contributed by atoms with E-state index in [0.29, 0.717) is 0 Å². The van der Waals surface area contributed by atoms with Gasteiger partial charge in [-0.1, -0.05) is 24.3 Å². The number of hydrogen-bond acceptors (Lipinski definition) is 3. The van der Waals surface area contributed by atoms with Crippen molar-refractivity contribution in [2.24, 2.45) is 31.4 Å². The SMILES string of the molecule is CC(C)N=C(N)/N=C/c1ccc(-c2cn3cc(/C=N/C(N)=NC(C)C)ccc3n2)cc1. The van der Waals surface area contributed by atoms with Gasteiger partial charge in [-0.25, -0.2) is 25.0 Å². The van der Waals surface area contributed by atoms with Gasteiger partial charge in [-0.3, -0.25) is 0 Å². The van der Waals surface area contributed by atoms with Gasteiger partial charge < -0.3 is 15.9 Å². The second kappa shape index (κ2) is 9.80. The number of guanidine groups is 2. The first-order valence-corrected chi connectivity index (χ1v) is 10.1. The smallest absolute Gasteiger partial charge is 0.215 e. The van der Waals surface area contributed by atoms with Crippen molar-refractivity contribution in [2.45, 2.75) is 39.8 Å². The number of nitrogens with zero attached hydrogens (tertiary/aromatic N) is 6. The van der Waals surface area contributed by atoms with Crippen LogP contribution in [0.3, 0.4) is 0 Å². The van der Waals surface area contributed by atoms with Crippen molar-refractivity contribution in [3.8, 4) is 11.3 Å². The summed E-state index contributed by atoms with van der Waals surface area (Å²) in [6.07, 6.45) is 7.34. The van der Waals surface area contributed by atoms with Crippen molar-refractivity contribution in [2.75, 3.05) is 0 Å². The van der Waals surface area contributed by atoms with Crippen LogP contribution in [0.15, 0.2) is 68.8 Å². The van der Waals surface area contributed by atoms with E-state index in [1.165, 1.54) is 0 Å². The molecule has 2 heterocycles. The van der Waals surface area contributed by atoms with Gasteiger partial charge >= 0.3 is 0 Å². The van der Waals surface area contributed by atoms with E-state index in [9.17, 15) is 0 Å². The van der Waals surface area contributed by atoms with E-state index >= 15 is 0 Å². The standard InChI is InChI=1S/C23H28N8/c1-15(2)28-22(24)26-11-17-5-8-19(9-6-17)20-14-31-13-18(7-10-21(31)30-20)12-27-23(25)29-16(3)4/h5-16H,1-4H3,(H2,24,28)(H2,25,29)/b26-11+,27-12+. The summed E-state index contributed by atoms with van der Waals surface area (Å²) < 4.78 is 1.96. The summed E-state index contributed by atoms with van der Waals surface area (Å²) in [4.78, 5) is 21.5. The third kappa shape index (κ3) is 6.33. The van der Waals surface area contributed by atoms with Crippen LogP contribution in [-0.2, 0) is 0 Å². The largest absolute Gasteiger partial charge is 0.368 e. The summed E-state index contributed by atoms with van der Waals surface area (Å²) in [5.74, 6) is 0.540. The molecule has 0 aliphatic rings. The number of hydrogen-bond donors (Lipinski definition) is 2. The van der Waals surface area contributed by atoms with Crippen LogP contribution in [0.1, 0.15) is 38.8 Å². The molecule has 0 amide bonds. The number of nitrogens with two attached hydrogens (primary N) is 2. The van der Waals surface area contributed by atoms with Crippen LogP contribution in [-0.4, -0.2) is 45.8 Å². The van der Waals surface area contributed by atoms with Crippen molar-refractivity contribution in [1.82, 2.24) is 9.38 Å². The highest BCUT2D eigenvalue weighted by Crippen LogP contribution is 2.20. The van der Waals surface area contributed by atoms with Crippen LogP contribution in [0.25, 0.3) is 16.9 Å². The Bertz CT molecular complexity index is 1150. The average Bonchev–Trinajstić information content (AvgIpc) is 3.13. The maximum absolute atomic E-state index is 5.80. The molecule has 0 fully saturated rings. The van der Waals surface area contributed by atoms with E-state index in [1.807, 2.05) is 80.9 Å². The van der Waals surface area contributed by atoms with Gasteiger partial charge in [0, 0.05) is 48.0 Å². The molecular formula is C23H28N8. The molecular weight excluding hydrogens is 388 g/mol. The van der Waals surface area contributed by atoms with Gasteiger partial charge in [0.15, 0.2) is 0 Å². The second-order valence-electron chi connectivity index (χ2n) is 7.65. The van der Waals surface area contributed by atoms with Gasteiger partial charge in [0.25, 0.3) is 0 Å². The number of pyridine rings is 1. The molecule has 0 unspecified atom stereocenters. The second-order valence-corrected chi connectivity index (χ2v) is 7.65. The molecule has 0 bridgehead atoms. The number of rotatable bonds is 5. The highest BCUT2D eigenvalue weighted by molar-refractivity contribution is 5.93. The van der Waals surface area contributed by atoms with Crippen LogP contribution in [0, 0.1) is 0 Å². The van der Waals surface area contributed by atoms with Crippen LogP contribution in [0.2, 0.25) is 0 Å². The zero-order valence-corrected chi connectivity index (χ0v) is 18.3. The van der Waals surface area contributed by atoms with Gasteiger partial charge in [-0.15, -0.1) is 0 Å². The lowest BCUT2D eigenvalue weighted by Gasteiger charge is -1.99. The first-order valence-electron chi connectivity index (χ1n) is 10.1. The molecule has 0 radical (unpaired) electrons. The highest BCUT2D eigenvalue weighted by atomic mass is 15.0.